The van der Waals surface area contributed by atoms with Crippen LogP contribution in [0.15, 0.2) is 28.8 Å². The number of rotatable bonds is 1. The number of thiazole rings is 1. The third-order valence-corrected chi connectivity index (χ3v) is 4.30. The molecule has 0 radical (unpaired) electrons. The third-order valence-electron chi connectivity index (χ3n) is 3.41. The van der Waals surface area contributed by atoms with Crippen molar-refractivity contribution in [3.63, 3.8) is 0 Å². The number of aromatic hydroxyl groups is 1. The number of nitrogens with zero attached hydrogens (tertiary/aromatic N) is 2. The van der Waals surface area contributed by atoms with Gasteiger partial charge in [0.15, 0.2) is 4.80 Å². The van der Waals surface area contributed by atoms with Crippen LogP contribution >= 0.6 is 11.3 Å². The summed E-state index contributed by atoms with van der Waals surface area (Å²) in [5.41, 5.74) is 1.35. The maximum absolute atomic E-state index is 12.1. The molecule has 0 atom stereocenters. The maximum Gasteiger partial charge on any atom is 0.277 e. The molecule has 0 fully saturated rings. The van der Waals surface area contributed by atoms with Gasteiger partial charge in [-0.25, -0.2) is 9.56 Å². The van der Waals surface area contributed by atoms with Gasteiger partial charge in [0.25, 0.3) is 5.91 Å². The largest absolute Gasteiger partial charge is 0.493 e. The lowest BCUT2D eigenvalue weighted by Gasteiger charge is -2.04. The zero-order valence-corrected chi connectivity index (χ0v) is 13.3. The van der Waals surface area contributed by atoms with E-state index in [0.717, 1.165) is 26.7 Å². The number of fused-ring (bicyclic) bond motifs is 1. The summed E-state index contributed by atoms with van der Waals surface area (Å²) in [5.74, 6) is -1.22. The number of aromatic nitrogens is 1. The number of nitrogens with one attached hydrogen (secondary N) is 1. The quantitative estimate of drug-likeness (QED) is 0.756. The van der Waals surface area contributed by atoms with Crippen molar-refractivity contribution in [1.29, 1.82) is 5.41 Å². The SMILES string of the molecule is CC(=O)n1c(O)c(C=C2C=c3cc(C)ccc3=NC2=O)sc1=N. The van der Waals surface area contributed by atoms with Gasteiger partial charge < -0.3 is 5.11 Å². The molecule has 1 aromatic carbocycles. The van der Waals surface area contributed by atoms with E-state index < -0.39 is 11.8 Å². The highest BCUT2D eigenvalue weighted by atomic mass is 32.1. The van der Waals surface area contributed by atoms with Gasteiger partial charge in [0.1, 0.15) is 0 Å². The average molecular weight is 327 g/mol. The van der Waals surface area contributed by atoms with Crippen molar-refractivity contribution in [2.45, 2.75) is 13.8 Å². The van der Waals surface area contributed by atoms with Crippen molar-refractivity contribution in [3.8, 4) is 5.88 Å². The second-order valence-corrected chi connectivity index (χ2v) is 6.20. The van der Waals surface area contributed by atoms with Crippen molar-refractivity contribution in [2.24, 2.45) is 4.99 Å². The van der Waals surface area contributed by atoms with E-state index in [9.17, 15) is 14.7 Å². The highest BCUT2D eigenvalue weighted by Crippen LogP contribution is 2.23. The Balaban J connectivity index is 2.18. The van der Waals surface area contributed by atoms with Crippen LogP contribution in [0.5, 0.6) is 5.88 Å². The van der Waals surface area contributed by atoms with Gasteiger partial charge >= 0.3 is 0 Å². The van der Waals surface area contributed by atoms with Crippen LogP contribution in [0.2, 0.25) is 0 Å². The monoisotopic (exact) mass is 327 g/mol. The zero-order chi connectivity index (χ0) is 16.7. The Labute approximate surface area is 134 Å². The number of aryl methyl sites for hydroxylation is 1. The highest BCUT2D eigenvalue weighted by molar-refractivity contribution is 7.10. The Morgan fingerprint density at radius 1 is 1.43 bits per heavy atom. The van der Waals surface area contributed by atoms with Crippen LogP contribution in [-0.4, -0.2) is 21.5 Å². The molecule has 1 aliphatic heterocycles. The molecule has 6 nitrogen and oxygen atoms in total. The van der Waals surface area contributed by atoms with Gasteiger partial charge in [-0.1, -0.05) is 23.0 Å². The summed E-state index contributed by atoms with van der Waals surface area (Å²) < 4.78 is 0.888. The highest BCUT2D eigenvalue weighted by Gasteiger charge is 2.16. The first-order valence-electron chi connectivity index (χ1n) is 6.80. The second-order valence-electron chi connectivity index (χ2n) is 5.17. The van der Waals surface area contributed by atoms with Gasteiger partial charge in [-0.15, -0.1) is 0 Å². The van der Waals surface area contributed by atoms with Crippen molar-refractivity contribution in [3.05, 3.63) is 49.6 Å². The normalized spacial score (nSPS) is 15.0. The molecule has 1 amide bonds. The number of carbonyl (C=O) groups excluding carboxylic acids is 2. The van der Waals surface area contributed by atoms with Crippen LogP contribution in [0.25, 0.3) is 12.2 Å². The summed E-state index contributed by atoms with van der Waals surface area (Å²) in [7, 11) is 0. The summed E-state index contributed by atoms with van der Waals surface area (Å²) >= 11 is 0.918. The first-order chi connectivity index (χ1) is 10.9. The Morgan fingerprint density at radius 2 is 2.17 bits per heavy atom. The number of hydrogen-bond donors (Lipinski definition) is 2. The van der Waals surface area contributed by atoms with Gasteiger partial charge in [0.05, 0.1) is 10.2 Å². The predicted molar refractivity (Wildman–Crippen MR) is 85.5 cm³/mol. The van der Waals surface area contributed by atoms with E-state index in [0.29, 0.717) is 10.9 Å². The molecule has 1 aromatic heterocycles. The first kappa shape index (κ1) is 15.1. The zero-order valence-electron chi connectivity index (χ0n) is 12.5. The van der Waals surface area contributed by atoms with E-state index in [1.807, 2.05) is 19.1 Å². The molecule has 7 heteroatoms. The molecule has 0 spiro atoms. The molecule has 0 bridgehead atoms. The standard InChI is InChI=1S/C16H13N3O3S/c1-8-3-4-12-10(5-8)6-11(14(21)18-12)7-13-15(22)19(9(2)20)16(17)23-13/h3-7,17,22H,1-2H3. The van der Waals surface area contributed by atoms with E-state index in [-0.39, 0.29) is 15.6 Å². The van der Waals surface area contributed by atoms with E-state index in [4.69, 9.17) is 5.41 Å². The summed E-state index contributed by atoms with van der Waals surface area (Å²) in [4.78, 5) is 27.8. The van der Waals surface area contributed by atoms with Crippen molar-refractivity contribution >= 4 is 35.3 Å². The minimum absolute atomic E-state index is 0.0988. The van der Waals surface area contributed by atoms with Crippen molar-refractivity contribution < 1.29 is 14.7 Å². The van der Waals surface area contributed by atoms with Crippen LogP contribution in [0.4, 0.5) is 0 Å². The van der Waals surface area contributed by atoms with Crippen LogP contribution in [0, 0.1) is 12.3 Å². The van der Waals surface area contributed by atoms with Crippen LogP contribution in [-0.2, 0) is 4.79 Å². The lowest BCUT2D eigenvalue weighted by Crippen LogP contribution is -2.30. The number of hydrogen-bond acceptors (Lipinski definition) is 5. The minimum Gasteiger partial charge on any atom is -0.493 e. The van der Waals surface area contributed by atoms with E-state index in [1.54, 1.807) is 12.1 Å². The van der Waals surface area contributed by atoms with Gasteiger partial charge in [-0.05, 0) is 31.2 Å². The molecule has 0 aliphatic carbocycles. The third kappa shape index (κ3) is 2.66. The van der Waals surface area contributed by atoms with Crippen LogP contribution < -0.4 is 15.4 Å². The van der Waals surface area contributed by atoms with Crippen molar-refractivity contribution in [1.82, 2.24) is 4.57 Å². The predicted octanol–water partition coefficient (Wildman–Crippen LogP) is 0.727. The maximum atomic E-state index is 12.1. The molecule has 2 heterocycles. The topological polar surface area (TPSA) is 95.5 Å². The lowest BCUT2D eigenvalue weighted by atomic mass is 10.1. The Bertz CT molecular complexity index is 1060. The molecular formula is C16H13N3O3S. The molecule has 23 heavy (non-hydrogen) atoms. The Morgan fingerprint density at radius 3 is 2.83 bits per heavy atom. The summed E-state index contributed by atoms with van der Waals surface area (Å²) in [6.45, 7) is 3.20. The molecule has 2 N–H and O–H groups in total. The average Bonchev–Trinajstić information content (AvgIpc) is 2.74. The van der Waals surface area contributed by atoms with E-state index in [1.165, 1.54) is 13.0 Å². The summed E-state index contributed by atoms with van der Waals surface area (Å²) in [5, 5.41) is 19.2. The number of amides is 1. The van der Waals surface area contributed by atoms with E-state index >= 15 is 0 Å². The summed E-state index contributed by atoms with van der Waals surface area (Å²) in [6, 6.07) is 5.58. The Kier molecular flexibility index (Phi) is 3.57. The second kappa shape index (κ2) is 5.44. The molecular weight excluding hydrogens is 314 g/mol. The Hall–Kier alpha value is -2.80. The summed E-state index contributed by atoms with van der Waals surface area (Å²) in [6.07, 6.45) is 3.15. The molecule has 116 valence electrons. The lowest BCUT2D eigenvalue weighted by molar-refractivity contribution is -0.114. The fourth-order valence-corrected chi connectivity index (χ4v) is 3.21. The molecule has 1 aliphatic rings. The van der Waals surface area contributed by atoms with Crippen molar-refractivity contribution in [2.75, 3.05) is 0 Å². The van der Waals surface area contributed by atoms with E-state index in [2.05, 4.69) is 4.99 Å². The minimum atomic E-state index is -0.460. The molecule has 2 aromatic rings. The molecule has 0 saturated carbocycles. The van der Waals surface area contributed by atoms with Crippen LogP contribution in [0.3, 0.4) is 0 Å². The fourth-order valence-electron chi connectivity index (χ4n) is 2.33. The van der Waals surface area contributed by atoms with Crippen LogP contribution in [0.1, 0.15) is 22.2 Å². The molecule has 0 unspecified atom stereocenters. The molecule has 0 saturated heterocycles. The smallest absolute Gasteiger partial charge is 0.277 e. The molecule has 3 rings (SSSR count). The van der Waals surface area contributed by atoms with Gasteiger partial charge in [0, 0.05) is 17.7 Å². The number of carbonyl (C=O) groups is 2. The fraction of sp³-hybridized carbons (Fsp3) is 0.125. The van der Waals surface area contributed by atoms with Gasteiger partial charge in [-0.2, -0.15) is 0 Å². The first-order valence-corrected chi connectivity index (χ1v) is 7.62. The number of benzene rings is 1. The van der Waals surface area contributed by atoms with Gasteiger partial charge in [0.2, 0.25) is 11.8 Å². The van der Waals surface area contributed by atoms with Gasteiger partial charge in [-0.3, -0.25) is 15.0 Å².